The molecule has 0 atom stereocenters. The second-order valence-corrected chi connectivity index (χ2v) is 8.10. The topological polar surface area (TPSA) is 71.4 Å². The monoisotopic (exact) mass is 422 g/mol. The summed E-state index contributed by atoms with van der Waals surface area (Å²) in [6, 6.07) is 12.6. The third-order valence-electron chi connectivity index (χ3n) is 6.11. The van der Waals surface area contributed by atoms with Gasteiger partial charge < -0.3 is 19.4 Å². The molecule has 2 aromatic carbocycles. The number of anilines is 1. The zero-order valence-electron chi connectivity index (χ0n) is 18.0. The van der Waals surface area contributed by atoms with Gasteiger partial charge in [0.2, 0.25) is 0 Å². The van der Waals surface area contributed by atoms with Gasteiger partial charge in [-0.15, -0.1) is 0 Å². The van der Waals surface area contributed by atoms with Crippen LogP contribution in [0.4, 0.5) is 5.69 Å². The fourth-order valence-corrected chi connectivity index (χ4v) is 4.09. The number of quaternary nitrogens is 1. The molecule has 0 spiro atoms. The molecule has 4 rings (SSSR count). The van der Waals surface area contributed by atoms with E-state index in [1.165, 1.54) is 11.8 Å². The molecule has 7 nitrogen and oxygen atoms in total. The SMILES string of the molecule is CC[NH+]1CCN(C(=O)c2ccc(CN3C(=O)COc4ccc(C(C)=O)cc43)cc2)CC1. The lowest BCUT2D eigenvalue weighted by Crippen LogP contribution is -3.14. The number of likely N-dealkylation sites (N-methyl/N-ethyl adjacent to an activating group) is 1. The standard InChI is InChI=1S/C24H27N3O4/c1-3-25-10-12-26(13-11-25)24(30)19-6-4-18(5-7-19)15-27-21-14-20(17(2)28)8-9-22(21)31-16-23(27)29/h4-9,14H,3,10-13,15-16H2,1-2H3/p+1. The normalized spacial score (nSPS) is 16.6. The highest BCUT2D eigenvalue weighted by Crippen LogP contribution is 2.34. The number of rotatable bonds is 5. The van der Waals surface area contributed by atoms with Gasteiger partial charge in [-0.05, 0) is 49.7 Å². The Morgan fingerprint density at radius 3 is 2.35 bits per heavy atom. The van der Waals surface area contributed by atoms with Gasteiger partial charge in [0, 0.05) is 11.1 Å². The number of piperazine rings is 1. The number of ether oxygens (including phenoxy) is 1. The minimum atomic E-state index is -0.162. The molecule has 162 valence electrons. The molecule has 31 heavy (non-hydrogen) atoms. The van der Waals surface area contributed by atoms with E-state index in [4.69, 9.17) is 4.74 Å². The maximum absolute atomic E-state index is 12.8. The van der Waals surface area contributed by atoms with Crippen LogP contribution < -0.4 is 14.5 Å². The van der Waals surface area contributed by atoms with Gasteiger partial charge >= 0.3 is 0 Å². The number of nitrogens with one attached hydrogen (secondary N) is 1. The van der Waals surface area contributed by atoms with Crippen LogP contribution in [0.15, 0.2) is 42.5 Å². The third-order valence-corrected chi connectivity index (χ3v) is 6.11. The van der Waals surface area contributed by atoms with E-state index in [9.17, 15) is 14.4 Å². The van der Waals surface area contributed by atoms with Gasteiger partial charge in [-0.25, -0.2) is 0 Å². The summed E-state index contributed by atoms with van der Waals surface area (Å²) in [4.78, 5) is 42.2. The van der Waals surface area contributed by atoms with E-state index in [1.807, 2.05) is 29.2 Å². The van der Waals surface area contributed by atoms with Crippen molar-refractivity contribution in [2.45, 2.75) is 20.4 Å². The first-order chi connectivity index (χ1) is 15.0. The molecule has 2 aliphatic heterocycles. The molecule has 2 amide bonds. The molecule has 7 heteroatoms. The molecule has 1 fully saturated rings. The number of benzene rings is 2. The van der Waals surface area contributed by atoms with Crippen molar-refractivity contribution < 1.29 is 24.0 Å². The van der Waals surface area contributed by atoms with Crippen LogP contribution in [0.25, 0.3) is 0 Å². The van der Waals surface area contributed by atoms with Gasteiger partial charge in [0.1, 0.15) is 5.75 Å². The van der Waals surface area contributed by atoms with Gasteiger partial charge in [0.25, 0.3) is 11.8 Å². The molecule has 0 aliphatic carbocycles. The highest BCUT2D eigenvalue weighted by Gasteiger charge is 2.27. The Morgan fingerprint density at radius 1 is 1.03 bits per heavy atom. The van der Waals surface area contributed by atoms with Crippen LogP contribution in [0, 0.1) is 0 Å². The first kappa shape index (κ1) is 21.1. The summed E-state index contributed by atoms with van der Waals surface area (Å²) in [6.45, 7) is 8.61. The Bertz CT molecular complexity index is 994. The lowest BCUT2D eigenvalue weighted by atomic mass is 10.1. The van der Waals surface area contributed by atoms with Crippen molar-refractivity contribution in [1.29, 1.82) is 0 Å². The van der Waals surface area contributed by atoms with Crippen molar-refractivity contribution in [3.8, 4) is 5.75 Å². The molecule has 2 heterocycles. The van der Waals surface area contributed by atoms with E-state index in [0.717, 1.165) is 38.3 Å². The first-order valence-corrected chi connectivity index (χ1v) is 10.8. The Morgan fingerprint density at radius 2 is 1.71 bits per heavy atom. The Labute approximate surface area is 182 Å². The van der Waals surface area contributed by atoms with E-state index >= 15 is 0 Å². The summed E-state index contributed by atoms with van der Waals surface area (Å²) in [5.74, 6) is 0.417. The van der Waals surface area contributed by atoms with Gasteiger partial charge in [-0.2, -0.15) is 0 Å². The minimum Gasteiger partial charge on any atom is -0.482 e. The first-order valence-electron chi connectivity index (χ1n) is 10.8. The molecule has 1 saturated heterocycles. The number of carbonyl (C=O) groups excluding carboxylic acids is 3. The zero-order chi connectivity index (χ0) is 22.0. The largest absolute Gasteiger partial charge is 0.482 e. The van der Waals surface area contributed by atoms with Crippen LogP contribution in [-0.2, 0) is 11.3 Å². The van der Waals surface area contributed by atoms with Crippen LogP contribution in [0.3, 0.4) is 0 Å². The van der Waals surface area contributed by atoms with Gasteiger partial charge in [0.05, 0.1) is 45.0 Å². The van der Waals surface area contributed by atoms with Crippen molar-refractivity contribution in [2.75, 3.05) is 44.2 Å². The lowest BCUT2D eigenvalue weighted by molar-refractivity contribution is -0.902. The Hall–Kier alpha value is -3.19. The number of amides is 2. The van der Waals surface area contributed by atoms with Crippen LogP contribution in [0.1, 0.15) is 40.1 Å². The molecule has 2 aliphatic rings. The third kappa shape index (κ3) is 4.46. The fourth-order valence-electron chi connectivity index (χ4n) is 4.09. The second kappa shape index (κ2) is 8.89. The van der Waals surface area contributed by atoms with Crippen LogP contribution >= 0.6 is 0 Å². The maximum Gasteiger partial charge on any atom is 0.265 e. The predicted molar refractivity (Wildman–Crippen MR) is 117 cm³/mol. The van der Waals surface area contributed by atoms with E-state index in [-0.39, 0.29) is 24.2 Å². The molecule has 0 bridgehead atoms. The minimum absolute atomic E-state index is 0.0330. The van der Waals surface area contributed by atoms with Crippen LogP contribution in [0.5, 0.6) is 5.75 Å². The average Bonchev–Trinajstić information content (AvgIpc) is 2.80. The summed E-state index contributed by atoms with van der Waals surface area (Å²) in [6.07, 6.45) is 0. The summed E-state index contributed by atoms with van der Waals surface area (Å²) < 4.78 is 5.52. The fraction of sp³-hybridized carbons (Fsp3) is 0.375. The number of carbonyl (C=O) groups is 3. The zero-order valence-corrected chi connectivity index (χ0v) is 18.0. The van der Waals surface area contributed by atoms with Crippen molar-refractivity contribution in [2.24, 2.45) is 0 Å². The predicted octanol–water partition coefficient (Wildman–Crippen LogP) is 1.18. The van der Waals surface area contributed by atoms with E-state index < -0.39 is 0 Å². The smallest absolute Gasteiger partial charge is 0.265 e. The number of Topliss-reactive ketones (excluding diaryl/α,β-unsaturated/α-hetero) is 1. The van der Waals surface area contributed by atoms with Crippen molar-refractivity contribution in [3.63, 3.8) is 0 Å². The summed E-state index contributed by atoms with van der Waals surface area (Å²) in [5, 5.41) is 0. The highest BCUT2D eigenvalue weighted by atomic mass is 16.5. The number of hydrogen-bond donors (Lipinski definition) is 1. The number of nitrogens with zero attached hydrogens (tertiary/aromatic N) is 2. The molecule has 0 saturated carbocycles. The quantitative estimate of drug-likeness (QED) is 0.735. The lowest BCUT2D eigenvalue weighted by Gasteiger charge is -2.31. The van der Waals surface area contributed by atoms with E-state index in [2.05, 4.69) is 6.92 Å². The van der Waals surface area contributed by atoms with E-state index in [0.29, 0.717) is 29.1 Å². The van der Waals surface area contributed by atoms with Gasteiger partial charge in [0.15, 0.2) is 12.4 Å². The molecular weight excluding hydrogens is 394 g/mol. The Kier molecular flexibility index (Phi) is 6.04. The highest BCUT2D eigenvalue weighted by molar-refractivity contribution is 6.01. The summed E-state index contributed by atoms with van der Waals surface area (Å²) in [5.41, 5.74) is 2.70. The second-order valence-electron chi connectivity index (χ2n) is 8.10. The molecule has 1 N–H and O–H groups in total. The summed E-state index contributed by atoms with van der Waals surface area (Å²) >= 11 is 0. The van der Waals surface area contributed by atoms with E-state index in [1.54, 1.807) is 23.1 Å². The van der Waals surface area contributed by atoms with Gasteiger partial charge in [-0.1, -0.05) is 12.1 Å². The molecule has 0 radical (unpaired) electrons. The van der Waals surface area contributed by atoms with Crippen LogP contribution in [0.2, 0.25) is 0 Å². The maximum atomic E-state index is 12.8. The van der Waals surface area contributed by atoms with Gasteiger partial charge in [-0.3, -0.25) is 14.4 Å². The Balaban J connectivity index is 1.48. The van der Waals surface area contributed by atoms with Crippen LogP contribution in [-0.4, -0.2) is 61.8 Å². The molecule has 0 aromatic heterocycles. The van der Waals surface area contributed by atoms with Crippen molar-refractivity contribution >= 4 is 23.3 Å². The number of fused-ring (bicyclic) bond motifs is 1. The average molecular weight is 423 g/mol. The number of hydrogen-bond acceptors (Lipinski definition) is 4. The van der Waals surface area contributed by atoms with Crippen molar-refractivity contribution in [3.05, 3.63) is 59.2 Å². The van der Waals surface area contributed by atoms with Crippen molar-refractivity contribution in [1.82, 2.24) is 4.90 Å². The molecule has 0 unspecified atom stereocenters. The molecular formula is C24H28N3O4+. The summed E-state index contributed by atoms with van der Waals surface area (Å²) in [7, 11) is 0. The number of ketones is 1. The molecule has 2 aromatic rings.